The van der Waals surface area contributed by atoms with Gasteiger partial charge in [-0.05, 0) is 43.0 Å². The number of carbonyl (C=O) groups excluding carboxylic acids is 1. The molecule has 0 fully saturated rings. The van der Waals surface area contributed by atoms with Crippen LogP contribution in [0, 0.1) is 13.8 Å². The van der Waals surface area contributed by atoms with E-state index in [1.165, 1.54) is 0 Å². The molecule has 0 saturated heterocycles. The molecule has 0 aliphatic rings. The summed E-state index contributed by atoms with van der Waals surface area (Å²) in [5.41, 5.74) is 4.92. The van der Waals surface area contributed by atoms with Crippen molar-refractivity contribution in [2.75, 3.05) is 11.9 Å². The van der Waals surface area contributed by atoms with Crippen molar-refractivity contribution in [1.82, 2.24) is 5.32 Å². The van der Waals surface area contributed by atoms with Crippen LogP contribution in [0.1, 0.15) is 35.2 Å². The molecule has 0 radical (unpaired) electrons. The maximum absolute atomic E-state index is 12.2. The molecule has 0 aliphatic carbocycles. The number of aliphatic hydroxyl groups is 1. The lowest BCUT2D eigenvalue weighted by atomic mass is 10.1. The number of hydrogen-bond donors (Lipinski definition) is 3. The molecule has 0 heterocycles. The van der Waals surface area contributed by atoms with Crippen molar-refractivity contribution in [3.8, 4) is 0 Å². The Balaban J connectivity index is 1.93. The predicted molar refractivity (Wildman–Crippen MR) is 93.3 cm³/mol. The summed E-state index contributed by atoms with van der Waals surface area (Å²) in [6.45, 7) is 6.23. The van der Waals surface area contributed by atoms with E-state index in [4.69, 9.17) is 0 Å². The highest BCUT2D eigenvalue weighted by atomic mass is 16.3. The third kappa shape index (κ3) is 4.65. The molecular weight excluding hydrogens is 288 g/mol. The fraction of sp³-hybridized carbons (Fsp3) is 0.316. The van der Waals surface area contributed by atoms with Crippen LogP contribution in [0.15, 0.2) is 42.5 Å². The number of anilines is 1. The fourth-order valence-electron chi connectivity index (χ4n) is 2.52. The van der Waals surface area contributed by atoms with Crippen LogP contribution in [0.25, 0.3) is 0 Å². The summed E-state index contributed by atoms with van der Waals surface area (Å²) in [6.07, 6.45) is 0. The van der Waals surface area contributed by atoms with E-state index in [2.05, 4.69) is 10.6 Å². The van der Waals surface area contributed by atoms with Gasteiger partial charge in [0.25, 0.3) is 0 Å². The van der Waals surface area contributed by atoms with Gasteiger partial charge in [-0.25, -0.2) is 0 Å². The summed E-state index contributed by atoms with van der Waals surface area (Å²) in [4.78, 5) is 12.2. The van der Waals surface area contributed by atoms with Gasteiger partial charge < -0.3 is 15.7 Å². The second-order valence-corrected chi connectivity index (χ2v) is 5.82. The Labute approximate surface area is 137 Å². The van der Waals surface area contributed by atoms with E-state index in [0.29, 0.717) is 0 Å². The molecule has 3 N–H and O–H groups in total. The van der Waals surface area contributed by atoms with E-state index in [9.17, 15) is 9.90 Å². The number of carbonyl (C=O) groups is 1. The third-order valence-electron chi connectivity index (χ3n) is 3.95. The van der Waals surface area contributed by atoms with Crippen molar-refractivity contribution in [2.45, 2.75) is 33.4 Å². The molecule has 1 atom stereocenters. The van der Waals surface area contributed by atoms with Crippen LogP contribution in [0.4, 0.5) is 5.69 Å². The SMILES string of the molecule is Cc1cccc(C)c1NC(=O)CNC(C)c1cccc(CO)c1. The van der Waals surface area contributed by atoms with E-state index in [1.807, 2.05) is 63.2 Å². The highest BCUT2D eigenvalue weighted by molar-refractivity contribution is 5.93. The molecule has 0 aromatic heterocycles. The zero-order valence-corrected chi connectivity index (χ0v) is 13.9. The maximum atomic E-state index is 12.2. The van der Waals surface area contributed by atoms with Crippen LogP contribution < -0.4 is 10.6 Å². The molecule has 1 unspecified atom stereocenters. The first-order valence-electron chi connectivity index (χ1n) is 7.80. The molecule has 23 heavy (non-hydrogen) atoms. The molecule has 4 nitrogen and oxygen atoms in total. The number of nitrogens with one attached hydrogen (secondary N) is 2. The third-order valence-corrected chi connectivity index (χ3v) is 3.95. The molecule has 0 spiro atoms. The van der Waals surface area contributed by atoms with Crippen LogP contribution in [0.3, 0.4) is 0 Å². The summed E-state index contributed by atoms with van der Waals surface area (Å²) in [5.74, 6) is -0.0624. The van der Waals surface area contributed by atoms with Gasteiger partial charge in [0.05, 0.1) is 13.2 Å². The summed E-state index contributed by atoms with van der Waals surface area (Å²) in [7, 11) is 0. The van der Waals surface area contributed by atoms with Crippen molar-refractivity contribution in [2.24, 2.45) is 0 Å². The van der Waals surface area contributed by atoms with Crippen molar-refractivity contribution >= 4 is 11.6 Å². The molecule has 0 saturated carbocycles. The lowest BCUT2D eigenvalue weighted by Crippen LogP contribution is -2.30. The minimum atomic E-state index is -0.0624. The maximum Gasteiger partial charge on any atom is 0.238 e. The minimum absolute atomic E-state index is 0.0214. The smallest absolute Gasteiger partial charge is 0.238 e. The Morgan fingerprint density at radius 2 is 1.78 bits per heavy atom. The summed E-state index contributed by atoms with van der Waals surface area (Å²) in [6, 6.07) is 13.7. The zero-order chi connectivity index (χ0) is 16.8. The molecule has 2 aromatic rings. The number of rotatable bonds is 6. The van der Waals surface area contributed by atoms with E-state index < -0.39 is 0 Å². The van der Waals surface area contributed by atoms with Crippen LogP contribution >= 0.6 is 0 Å². The van der Waals surface area contributed by atoms with Crippen LogP contribution in [-0.2, 0) is 11.4 Å². The first-order chi connectivity index (χ1) is 11.0. The van der Waals surface area contributed by atoms with Gasteiger partial charge in [0.2, 0.25) is 5.91 Å². The van der Waals surface area contributed by atoms with Gasteiger partial charge >= 0.3 is 0 Å². The second kappa shape index (κ2) is 7.90. The monoisotopic (exact) mass is 312 g/mol. The van der Waals surface area contributed by atoms with Crippen molar-refractivity contribution in [3.63, 3.8) is 0 Å². The Kier molecular flexibility index (Phi) is 5.90. The number of para-hydroxylation sites is 1. The first-order valence-corrected chi connectivity index (χ1v) is 7.80. The predicted octanol–water partition coefficient (Wildman–Crippen LogP) is 3.09. The molecule has 2 aromatic carbocycles. The van der Waals surface area contributed by atoms with Crippen LogP contribution in [-0.4, -0.2) is 17.6 Å². The second-order valence-electron chi connectivity index (χ2n) is 5.82. The minimum Gasteiger partial charge on any atom is -0.392 e. The molecule has 2 rings (SSSR count). The number of amides is 1. The van der Waals surface area contributed by atoms with E-state index in [0.717, 1.165) is 27.9 Å². The van der Waals surface area contributed by atoms with Gasteiger partial charge in [-0.15, -0.1) is 0 Å². The number of hydrogen-bond acceptors (Lipinski definition) is 3. The van der Waals surface area contributed by atoms with Crippen molar-refractivity contribution in [1.29, 1.82) is 0 Å². The highest BCUT2D eigenvalue weighted by Gasteiger charge is 2.10. The van der Waals surface area contributed by atoms with Crippen LogP contribution in [0.2, 0.25) is 0 Å². The topological polar surface area (TPSA) is 61.4 Å². The Morgan fingerprint density at radius 3 is 2.43 bits per heavy atom. The normalized spacial score (nSPS) is 12.0. The number of aryl methyl sites for hydroxylation is 2. The molecule has 4 heteroatoms. The molecule has 0 aliphatic heterocycles. The summed E-state index contributed by atoms with van der Waals surface area (Å²) in [5, 5.41) is 15.4. The van der Waals surface area contributed by atoms with Gasteiger partial charge in [-0.3, -0.25) is 4.79 Å². The average Bonchev–Trinajstić information content (AvgIpc) is 2.56. The highest BCUT2D eigenvalue weighted by Crippen LogP contribution is 2.19. The standard InChI is InChI=1S/C19H24N2O2/c1-13-6-4-7-14(2)19(13)21-18(23)11-20-15(3)17-9-5-8-16(10-17)12-22/h4-10,15,20,22H,11-12H2,1-3H3,(H,21,23). The van der Waals surface area contributed by atoms with Gasteiger partial charge in [-0.1, -0.05) is 42.5 Å². The lowest BCUT2D eigenvalue weighted by molar-refractivity contribution is -0.115. The van der Waals surface area contributed by atoms with E-state index in [-0.39, 0.29) is 25.1 Å². The summed E-state index contributed by atoms with van der Waals surface area (Å²) < 4.78 is 0. The zero-order valence-electron chi connectivity index (χ0n) is 13.9. The van der Waals surface area contributed by atoms with E-state index in [1.54, 1.807) is 0 Å². The Morgan fingerprint density at radius 1 is 1.13 bits per heavy atom. The van der Waals surface area contributed by atoms with Crippen molar-refractivity contribution < 1.29 is 9.90 Å². The average molecular weight is 312 g/mol. The van der Waals surface area contributed by atoms with E-state index >= 15 is 0 Å². The molecule has 0 bridgehead atoms. The fourth-order valence-corrected chi connectivity index (χ4v) is 2.52. The van der Waals surface area contributed by atoms with Gasteiger partial charge in [0.15, 0.2) is 0 Å². The van der Waals surface area contributed by atoms with Gasteiger partial charge in [0, 0.05) is 11.7 Å². The molecule has 122 valence electrons. The first kappa shape index (κ1) is 17.2. The lowest BCUT2D eigenvalue weighted by Gasteiger charge is -2.16. The molecule has 1 amide bonds. The largest absolute Gasteiger partial charge is 0.392 e. The Bertz CT molecular complexity index is 663. The van der Waals surface area contributed by atoms with Gasteiger partial charge in [0.1, 0.15) is 0 Å². The quantitative estimate of drug-likeness (QED) is 0.768. The van der Waals surface area contributed by atoms with Crippen LogP contribution in [0.5, 0.6) is 0 Å². The Hall–Kier alpha value is -2.17. The van der Waals surface area contributed by atoms with Crippen molar-refractivity contribution in [3.05, 3.63) is 64.7 Å². The number of benzene rings is 2. The molecular formula is C19H24N2O2. The summed E-state index contributed by atoms with van der Waals surface area (Å²) >= 11 is 0. The van der Waals surface area contributed by atoms with Gasteiger partial charge in [-0.2, -0.15) is 0 Å². The number of aliphatic hydroxyl groups excluding tert-OH is 1.